The third kappa shape index (κ3) is 6.48. The molecule has 0 saturated heterocycles. The minimum Gasteiger partial charge on any atom is -0.117 e. The summed E-state index contributed by atoms with van der Waals surface area (Å²) in [6, 6.07) is 0. The van der Waals surface area contributed by atoms with E-state index in [4.69, 9.17) is 0 Å². The van der Waals surface area contributed by atoms with E-state index >= 15 is 0 Å². The van der Waals surface area contributed by atoms with Gasteiger partial charge in [0.15, 0.2) is 0 Å². The van der Waals surface area contributed by atoms with E-state index in [2.05, 4.69) is 32.6 Å². The predicted octanol–water partition coefficient (Wildman–Crippen LogP) is 5.58. The van der Waals surface area contributed by atoms with Crippen molar-refractivity contribution in [1.82, 2.24) is 0 Å². The maximum Gasteiger partial charge on any atom is -0.00316 e. The fourth-order valence-electron chi connectivity index (χ4n) is 1.65. The van der Waals surface area contributed by atoms with E-state index in [1.165, 1.54) is 24.0 Å². The number of hydrogen-bond acceptors (Lipinski definition) is 0. The Morgan fingerprint density at radius 3 is 2.44 bits per heavy atom. The van der Waals surface area contributed by atoms with Crippen LogP contribution in [0.1, 0.15) is 59.8 Å². The lowest BCUT2D eigenvalue weighted by molar-refractivity contribution is 0.785. The maximum absolute atomic E-state index is 3.43. The molecule has 0 bridgehead atoms. The van der Waals surface area contributed by atoms with Crippen molar-refractivity contribution in [2.45, 2.75) is 59.8 Å². The van der Waals surface area contributed by atoms with Crippen molar-refractivity contribution in [3.8, 4) is 0 Å². The van der Waals surface area contributed by atoms with Gasteiger partial charge in [-0.15, -0.1) is 5.73 Å². The molecule has 0 aromatic carbocycles. The molecule has 0 radical (unpaired) electrons. The summed E-state index contributed by atoms with van der Waals surface area (Å²) in [5.74, 6) is 0. The number of rotatable bonds is 7. The van der Waals surface area contributed by atoms with Crippen LogP contribution >= 0.6 is 0 Å². The van der Waals surface area contributed by atoms with Crippen molar-refractivity contribution >= 4 is 0 Å². The average molecular weight is 218 g/mol. The fraction of sp³-hybridized carbons (Fsp3) is 0.562. The quantitative estimate of drug-likeness (QED) is 0.386. The maximum atomic E-state index is 3.43. The van der Waals surface area contributed by atoms with Gasteiger partial charge in [-0.05, 0) is 49.8 Å². The largest absolute Gasteiger partial charge is 0.117 e. The van der Waals surface area contributed by atoms with Crippen molar-refractivity contribution in [3.63, 3.8) is 0 Å². The summed E-state index contributed by atoms with van der Waals surface area (Å²) >= 11 is 0. The molecular formula is C16H26. The second-order valence-electron chi connectivity index (χ2n) is 3.91. The van der Waals surface area contributed by atoms with Gasteiger partial charge in [-0.3, -0.25) is 0 Å². The molecule has 0 unspecified atom stereocenters. The lowest BCUT2D eigenvalue weighted by Crippen LogP contribution is -1.88. The molecule has 0 heterocycles. The van der Waals surface area contributed by atoms with Crippen molar-refractivity contribution in [1.29, 1.82) is 0 Å². The van der Waals surface area contributed by atoms with Gasteiger partial charge in [0.2, 0.25) is 0 Å². The predicted molar refractivity (Wildman–Crippen MR) is 74.6 cm³/mol. The van der Waals surface area contributed by atoms with Crippen LogP contribution in [0.4, 0.5) is 0 Å². The van der Waals surface area contributed by atoms with E-state index in [9.17, 15) is 0 Å². The summed E-state index contributed by atoms with van der Waals surface area (Å²) < 4.78 is 0. The molecule has 0 amide bonds. The number of unbranched alkanes of at least 4 members (excludes halogenated alkanes) is 1. The molecule has 0 spiro atoms. The third-order valence-corrected chi connectivity index (χ3v) is 2.55. The Hall–Kier alpha value is -1.00. The summed E-state index contributed by atoms with van der Waals surface area (Å²) in [5, 5.41) is 0. The van der Waals surface area contributed by atoms with Crippen LogP contribution in [-0.4, -0.2) is 0 Å². The van der Waals surface area contributed by atoms with E-state index in [1.807, 2.05) is 25.2 Å². The summed E-state index contributed by atoms with van der Waals surface area (Å²) in [4.78, 5) is 0. The second-order valence-corrected chi connectivity index (χ2v) is 3.91. The summed E-state index contributed by atoms with van der Waals surface area (Å²) in [6.45, 7) is 8.70. The van der Waals surface area contributed by atoms with Gasteiger partial charge >= 0.3 is 0 Å². The number of hydrogen-bond donors (Lipinski definition) is 0. The van der Waals surface area contributed by atoms with Crippen LogP contribution < -0.4 is 0 Å². The van der Waals surface area contributed by atoms with Crippen molar-refractivity contribution in [3.05, 3.63) is 41.2 Å². The van der Waals surface area contributed by atoms with Gasteiger partial charge < -0.3 is 0 Å². The van der Waals surface area contributed by atoms with Crippen LogP contribution in [-0.2, 0) is 0 Å². The van der Waals surface area contributed by atoms with Crippen molar-refractivity contribution in [2.75, 3.05) is 0 Å². The monoisotopic (exact) mass is 218 g/mol. The Balaban J connectivity index is 4.90. The zero-order valence-electron chi connectivity index (χ0n) is 11.3. The molecule has 16 heavy (non-hydrogen) atoms. The van der Waals surface area contributed by atoms with Crippen molar-refractivity contribution in [2.24, 2.45) is 0 Å². The highest BCUT2D eigenvalue weighted by Gasteiger charge is 2.01. The molecule has 0 aliphatic carbocycles. The van der Waals surface area contributed by atoms with Crippen LogP contribution in [0.3, 0.4) is 0 Å². The standard InChI is InChI=1S/C16H26/c1-5-9-11-14-16(13-10-6-2)15(8-4)12-7-3/h5,9,11-12H,6-8,10,13H2,1-4H3/b9-5+,15-12+. The van der Waals surface area contributed by atoms with Crippen LogP contribution in [0.5, 0.6) is 0 Å². The molecule has 0 rings (SSSR count). The molecule has 0 aromatic heterocycles. The SMILES string of the molecule is C/C=C/C=C=C(CCCC)/C(=C/CC)CC. The topological polar surface area (TPSA) is 0 Å². The number of allylic oxidation sites excluding steroid dienone is 5. The Morgan fingerprint density at radius 2 is 1.94 bits per heavy atom. The molecule has 0 heteroatoms. The highest BCUT2D eigenvalue weighted by atomic mass is 14.1. The highest BCUT2D eigenvalue weighted by molar-refractivity contribution is 5.30. The first-order chi connectivity index (χ1) is 7.79. The minimum atomic E-state index is 1.11. The van der Waals surface area contributed by atoms with Gasteiger partial charge in [-0.25, -0.2) is 0 Å². The third-order valence-electron chi connectivity index (χ3n) is 2.55. The second kappa shape index (κ2) is 10.5. The Kier molecular flexibility index (Phi) is 9.86. The average Bonchev–Trinajstić information content (AvgIpc) is 2.31. The summed E-state index contributed by atoms with van der Waals surface area (Å²) in [6.07, 6.45) is 14.3. The lowest BCUT2D eigenvalue weighted by Gasteiger charge is -2.07. The van der Waals surface area contributed by atoms with Gasteiger partial charge in [0, 0.05) is 0 Å². The molecule has 90 valence electrons. The molecule has 0 aliphatic heterocycles. The van der Waals surface area contributed by atoms with E-state index in [0.717, 1.165) is 19.3 Å². The molecule has 0 nitrogen and oxygen atoms in total. The van der Waals surface area contributed by atoms with Crippen LogP contribution in [0.15, 0.2) is 41.2 Å². The first kappa shape index (κ1) is 15.0. The Labute approximate surface area is 101 Å². The van der Waals surface area contributed by atoms with Gasteiger partial charge in [0.05, 0.1) is 0 Å². The van der Waals surface area contributed by atoms with Gasteiger partial charge in [0.25, 0.3) is 0 Å². The van der Waals surface area contributed by atoms with Gasteiger partial charge in [0.1, 0.15) is 0 Å². The molecule has 0 atom stereocenters. The Morgan fingerprint density at radius 1 is 1.19 bits per heavy atom. The van der Waals surface area contributed by atoms with Crippen LogP contribution in [0, 0.1) is 0 Å². The first-order valence-electron chi connectivity index (χ1n) is 6.56. The zero-order chi connectivity index (χ0) is 12.2. The van der Waals surface area contributed by atoms with E-state index < -0.39 is 0 Å². The van der Waals surface area contributed by atoms with Crippen LogP contribution in [0.2, 0.25) is 0 Å². The molecule has 0 fully saturated rings. The molecule has 0 aromatic rings. The van der Waals surface area contributed by atoms with E-state index in [-0.39, 0.29) is 0 Å². The normalized spacial score (nSPS) is 11.6. The molecule has 0 saturated carbocycles. The highest BCUT2D eigenvalue weighted by Crippen LogP contribution is 2.19. The summed E-state index contributed by atoms with van der Waals surface area (Å²) in [5.41, 5.74) is 6.29. The van der Waals surface area contributed by atoms with Crippen LogP contribution in [0.25, 0.3) is 0 Å². The lowest BCUT2D eigenvalue weighted by atomic mass is 9.98. The molecular weight excluding hydrogens is 192 g/mol. The minimum absolute atomic E-state index is 1.11. The molecule has 0 N–H and O–H groups in total. The van der Waals surface area contributed by atoms with E-state index in [0.29, 0.717) is 0 Å². The first-order valence-corrected chi connectivity index (χ1v) is 6.56. The van der Waals surface area contributed by atoms with Gasteiger partial charge in [-0.1, -0.05) is 45.4 Å². The molecule has 0 aliphatic rings. The van der Waals surface area contributed by atoms with E-state index in [1.54, 1.807) is 0 Å². The van der Waals surface area contributed by atoms with Crippen molar-refractivity contribution < 1.29 is 0 Å². The van der Waals surface area contributed by atoms with Gasteiger partial charge in [-0.2, -0.15) is 0 Å². The summed E-state index contributed by atoms with van der Waals surface area (Å²) in [7, 11) is 0. The zero-order valence-corrected chi connectivity index (χ0v) is 11.3. The smallest absolute Gasteiger partial charge is 0.00316 e. The Bertz CT molecular complexity index is 283. The fourth-order valence-corrected chi connectivity index (χ4v) is 1.65.